The first-order valence-electron chi connectivity index (χ1n) is 5.62. The summed E-state index contributed by atoms with van der Waals surface area (Å²) < 4.78 is 42.6. The van der Waals surface area contributed by atoms with Gasteiger partial charge in [-0.2, -0.15) is 0 Å². The van der Waals surface area contributed by atoms with Gasteiger partial charge in [0, 0.05) is 5.02 Å². The molecule has 0 spiro atoms. The highest BCUT2D eigenvalue weighted by Crippen LogP contribution is 2.16. The molecule has 100 valence electrons. The van der Waals surface area contributed by atoms with Gasteiger partial charge >= 0.3 is 6.98 Å². The second-order valence-electron chi connectivity index (χ2n) is 4.06. The van der Waals surface area contributed by atoms with Gasteiger partial charge in [-0.05, 0) is 29.8 Å². The van der Waals surface area contributed by atoms with E-state index in [2.05, 4.69) is 0 Å². The third-order valence-corrected chi connectivity index (χ3v) is 2.83. The molecule has 0 unspecified atom stereocenters. The van der Waals surface area contributed by atoms with Gasteiger partial charge in [0.25, 0.3) is 0 Å². The number of rotatable bonds is 4. The smallest absolute Gasteiger partial charge is 0.489 e. The number of hydrogen-bond donors (Lipinski definition) is 0. The van der Waals surface area contributed by atoms with Gasteiger partial charge in [-0.1, -0.05) is 35.9 Å². The van der Waals surface area contributed by atoms with Crippen molar-refractivity contribution in [3.8, 4) is 5.75 Å². The van der Waals surface area contributed by atoms with Gasteiger partial charge in [-0.3, -0.25) is 0 Å². The molecule has 0 atom stereocenters. The van der Waals surface area contributed by atoms with Crippen molar-refractivity contribution < 1.29 is 17.7 Å². The Morgan fingerprint density at radius 2 is 1.47 bits per heavy atom. The quantitative estimate of drug-likeness (QED) is 0.772. The van der Waals surface area contributed by atoms with E-state index in [4.69, 9.17) is 16.3 Å². The molecule has 0 radical (unpaired) electrons. The summed E-state index contributed by atoms with van der Waals surface area (Å²) in [5, 5.41) is 0.625. The Bertz CT molecular complexity index is 537. The van der Waals surface area contributed by atoms with E-state index in [1.165, 1.54) is 12.1 Å². The van der Waals surface area contributed by atoms with Gasteiger partial charge in [-0.15, -0.1) is 5.46 Å². The maximum Gasteiger partial charge on any atom is 0.509 e. The molecule has 0 N–H and O–H groups in total. The average Bonchev–Trinajstić information content (AvgIpc) is 2.37. The second kappa shape index (κ2) is 5.57. The van der Waals surface area contributed by atoms with Crippen LogP contribution in [0.15, 0.2) is 48.5 Å². The molecule has 1 nitrogen and oxygen atoms in total. The fraction of sp³-hybridized carbons (Fsp3) is 0.0769. The molecule has 0 aliphatic rings. The predicted molar refractivity (Wildman–Crippen MR) is 70.9 cm³/mol. The molecule has 2 aromatic carbocycles. The molecule has 0 heterocycles. The number of ether oxygens (including phenoxy) is 1. The Morgan fingerprint density at radius 1 is 0.895 bits per heavy atom. The van der Waals surface area contributed by atoms with Crippen molar-refractivity contribution >= 4 is 24.0 Å². The summed E-state index contributed by atoms with van der Waals surface area (Å²) in [5.41, 5.74) is 0.271. The lowest BCUT2D eigenvalue weighted by molar-refractivity contribution is 0.306. The van der Waals surface area contributed by atoms with Gasteiger partial charge in [0.2, 0.25) is 0 Å². The number of benzene rings is 2. The monoisotopic (exact) mass is 285 g/mol. The van der Waals surface area contributed by atoms with Gasteiger partial charge in [0.1, 0.15) is 12.4 Å². The van der Waals surface area contributed by atoms with E-state index in [0.717, 1.165) is 17.7 Å². The zero-order chi connectivity index (χ0) is 13.9. The van der Waals surface area contributed by atoms with Crippen LogP contribution in [-0.2, 0) is 6.61 Å². The molecule has 0 fully saturated rings. The van der Waals surface area contributed by atoms with Gasteiger partial charge in [0.05, 0.1) is 0 Å². The summed E-state index contributed by atoms with van der Waals surface area (Å²) in [7, 11) is 0. The Labute approximate surface area is 114 Å². The van der Waals surface area contributed by atoms with Crippen LogP contribution in [0.1, 0.15) is 5.56 Å². The van der Waals surface area contributed by atoms with Crippen molar-refractivity contribution in [2.75, 3.05) is 0 Å². The van der Waals surface area contributed by atoms with E-state index in [-0.39, 0.29) is 6.61 Å². The van der Waals surface area contributed by atoms with E-state index in [1.54, 1.807) is 24.3 Å². The minimum Gasteiger partial charge on any atom is -0.489 e. The zero-order valence-corrected chi connectivity index (χ0v) is 10.6. The van der Waals surface area contributed by atoms with Gasteiger partial charge in [-0.25, -0.2) is 0 Å². The fourth-order valence-corrected chi connectivity index (χ4v) is 1.66. The Morgan fingerprint density at radius 3 is 2.00 bits per heavy atom. The molecule has 6 heteroatoms. The lowest BCUT2D eigenvalue weighted by Gasteiger charge is -2.15. The Kier molecular flexibility index (Phi) is 4.05. The van der Waals surface area contributed by atoms with Gasteiger partial charge < -0.3 is 17.7 Å². The third kappa shape index (κ3) is 3.93. The maximum atomic E-state index is 12.4. The minimum absolute atomic E-state index is 0.285. The van der Waals surface area contributed by atoms with E-state index in [0.29, 0.717) is 10.8 Å². The Hall–Kier alpha value is -1.62. The topological polar surface area (TPSA) is 9.23 Å². The van der Waals surface area contributed by atoms with Crippen molar-refractivity contribution in [3.05, 3.63) is 59.1 Å². The predicted octanol–water partition coefficient (Wildman–Crippen LogP) is 3.97. The van der Waals surface area contributed by atoms with Crippen molar-refractivity contribution in [1.82, 2.24) is 0 Å². The fourth-order valence-electron chi connectivity index (χ4n) is 1.53. The van der Waals surface area contributed by atoms with E-state index in [1.807, 2.05) is 0 Å². The lowest BCUT2D eigenvalue weighted by atomic mass is 9.80. The molecule has 0 aliphatic carbocycles. The third-order valence-electron chi connectivity index (χ3n) is 2.58. The molecule has 0 saturated carbocycles. The van der Waals surface area contributed by atoms with Crippen LogP contribution in [0.3, 0.4) is 0 Å². The van der Waals surface area contributed by atoms with E-state index in [9.17, 15) is 12.9 Å². The first-order chi connectivity index (χ1) is 8.95. The molecule has 19 heavy (non-hydrogen) atoms. The summed E-state index contributed by atoms with van der Waals surface area (Å²) in [5.74, 6) is 0.402. The van der Waals surface area contributed by atoms with E-state index >= 15 is 0 Å². The normalized spacial score (nSPS) is 11.4. The summed E-state index contributed by atoms with van der Waals surface area (Å²) in [6, 6.07) is 11.8. The average molecular weight is 285 g/mol. The maximum absolute atomic E-state index is 12.4. The second-order valence-corrected chi connectivity index (χ2v) is 4.50. The summed E-state index contributed by atoms with van der Waals surface area (Å²) >= 11 is 5.74. The van der Waals surface area contributed by atoms with Crippen LogP contribution in [0.2, 0.25) is 5.02 Å². The van der Waals surface area contributed by atoms with Crippen LogP contribution in [0.4, 0.5) is 12.9 Å². The number of halogens is 4. The van der Waals surface area contributed by atoms with Crippen molar-refractivity contribution in [2.24, 2.45) is 0 Å². The molecule has 0 bridgehead atoms. The standard InChI is InChI=1S/C13H10BClF3O/c15-12-5-1-10(2-6-12)9-19-13-7-3-11(4-8-13)14(16,17)18/h1-8H,9H2/q-1. The van der Waals surface area contributed by atoms with Crippen LogP contribution < -0.4 is 10.2 Å². The Balaban J connectivity index is 1.98. The van der Waals surface area contributed by atoms with Crippen LogP contribution in [0.25, 0.3) is 0 Å². The van der Waals surface area contributed by atoms with Crippen LogP contribution in [0, 0.1) is 0 Å². The van der Waals surface area contributed by atoms with Crippen LogP contribution >= 0.6 is 11.6 Å². The summed E-state index contributed by atoms with van der Waals surface area (Å²) in [4.78, 5) is 0. The molecular formula is C13H10BClF3O-. The van der Waals surface area contributed by atoms with Crippen molar-refractivity contribution in [2.45, 2.75) is 6.61 Å². The highest BCUT2D eigenvalue weighted by atomic mass is 35.5. The first-order valence-corrected chi connectivity index (χ1v) is 6.00. The molecule has 2 aromatic rings. The largest absolute Gasteiger partial charge is 0.509 e. The SMILES string of the molecule is F[B-](F)(F)c1ccc(OCc2ccc(Cl)cc2)cc1. The molecule has 2 rings (SSSR count). The molecule has 0 saturated heterocycles. The first kappa shape index (κ1) is 13.8. The van der Waals surface area contributed by atoms with E-state index < -0.39 is 12.4 Å². The van der Waals surface area contributed by atoms with Crippen LogP contribution in [-0.4, -0.2) is 6.98 Å². The van der Waals surface area contributed by atoms with Crippen molar-refractivity contribution in [1.29, 1.82) is 0 Å². The molecule has 0 aromatic heterocycles. The molecule has 0 aliphatic heterocycles. The zero-order valence-electron chi connectivity index (χ0n) is 9.82. The van der Waals surface area contributed by atoms with Crippen LogP contribution in [0.5, 0.6) is 5.75 Å². The number of hydrogen-bond acceptors (Lipinski definition) is 1. The highest BCUT2D eigenvalue weighted by molar-refractivity contribution is 6.73. The molecule has 0 amide bonds. The summed E-state index contributed by atoms with van der Waals surface area (Å²) in [6.07, 6.45) is 0. The highest BCUT2D eigenvalue weighted by Gasteiger charge is 2.24. The lowest BCUT2D eigenvalue weighted by Crippen LogP contribution is -2.33. The van der Waals surface area contributed by atoms with Crippen molar-refractivity contribution in [3.63, 3.8) is 0 Å². The minimum atomic E-state index is -4.95. The van der Waals surface area contributed by atoms with Gasteiger partial charge in [0.15, 0.2) is 0 Å². The summed E-state index contributed by atoms with van der Waals surface area (Å²) in [6.45, 7) is -4.67. The molecular weight excluding hydrogens is 275 g/mol.